The van der Waals surface area contributed by atoms with Crippen molar-refractivity contribution in [2.24, 2.45) is 17.8 Å². The highest BCUT2D eigenvalue weighted by Crippen LogP contribution is 2.49. The van der Waals surface area contributed by atoms with Gasteiger partial charge in [-0.25, -0.2) is 0 Å². The van der Waals surface area contributed by atoms with Crippen molar-refractivity contribution in [3.8, 4) is 0 Å². The van der Waals surface area contributed by atoms with Crippen LogP contribution in [0.5, 0.6) is 0 Å². The van der Waals surface area contributed by atoms with Crippen LogP contribution in [0.15, 0.2) is 12.2 Å². The minimum Gasteiger partial charge on any atom is -0.468 e. The van der Waals surface area contributed by atoms with E-state index in [1.54, 1.807) is 0 Å². The van der Waals surface area contributed by atoms with E-state index in [1.807, 2.05) is 6.08 Å². The summed E-state index contributed by atoms with van der Waals surface area (Å²) in [7, 11) is 1.47. The molecule has 0 aromatic heterocycles. The molecule has 2 unspecified atom stereocenters. The Morgan fingerprint density at radius 2 is 2.11 bits per heavy atom. The predicted octanol–water partition coefficient (Wildman–Crippen LogP) is 3.29. The van der Waals surface area contributed by atoms with Gasteiger partial charge in [-0.2, -0.15) is 0 Å². The molecule has 0 radical (unpaired) electrons. The Bertz CT molecular complexity index is 551. The molecule has 0 aromatic rings. The lowest BCUT2D eigenvalue weighted by molar-refractivity contribution is -0.150. The molecule has 5 heteroatoms. The molecule has 3 fully saturated rings. The van der Waals surface area contributed by atoms with Gasteiger partial charge in [0.25, 0.3) is 0 Å². The normalized spacial score (nSPS) is 37.6. The summed E-state index contributed by atoms with van der Waals surface area (Å²) >= 11 is 0. The van der Waals surface area contributed by atoms with Gasteiger partial charge in [-0.1, -0.05) is 45.3 Å². The first-order valence-electron chi connectivity index (χ1n) is 11.4. The first kappa shape index (κ1) is 21.8. The number of aliphatic hydroxyl groups is 2. The van der Waals surface area contributed by atoms with Gasteiger partial charge in [0.15, 0.2) is 0 Å². The fraction of sp³-hybridized carbons (Fsp3) is 0.870. The molecule has 2 aliphatic heterocycles. The van der Waals surface area contributed by atoms with E-state index in [4.69, 9.17) is 4.74 Å². The molecule has 1 saturated carbocycles. The maximum absolute atomic E-state index is 12.3. The maximum Gasteiger partial charge on any atom is 0.323 e. The van der Waals surface area contributed by atoms with E-state index in [1.165, 1.54) is 20.0 Å². The van der Waals surface area contributed by atoms with Crippen LogP contribution >= 0.6 is 0 Å². The third kappa shape index (κ3) is 4.63. The molecule has 8 atom stereocenters. The van der Waals surface area contributed by atoms with Gasteiger partial charge >= 0.3 is 5.97 Å². The largest absolute Gasteiger partial charge is 0.468 e. The molecule has 2 saturated heterocycles. The lowest BCUT2D eigenvalue weighted by Gasteiger charge is -2.39. The predicted molar refractivity (Wildman–Crippen MR) is 110 cm³/mol. The van der Waals surface area contributed by atoms with Crippen molar-refractivity contribution in [3.05, 3.63) is 12.2 Å². The average molecular weight is 394 g/mol. The molecule has 2 heterocycles. The van der Waals surface area contributed by atoms with Crippen LogP contribution in [0, 0.1) is 17.8 Å². The van der Waals surface area contributed by atoms with E-state index in [0.29, 0.717) is 24.3 Å². The number of fused-ring (bicyclic) bond motifs is 3. The molecule has 1 aliphatic carbocycles. The van der Waals surface area contributed by atoms with Crippen LogP contribution in [0.25, 0.3) is 0 Å². The summed E-state index contributed by atoms with van der Waals surface area (Å²) in [5, 5.41) is 21.1. The second-order valence-corrected chi connectivity index (χ2v) is 9.35. The number of aliphatic hydroxyl groups excluding tert-OH is 2. The van der Waals surface area contributed by atoms with Gasteiger partial charge in [0.05, 0.1) is 19.3 Å². The number of nitrogens with zero attached hydrogens (tertiary/aromatic N) is 1. The van der Waals surface area contributed by atoms with Crippen molar-refractivity contribution in [3.63, 3.8) is 0 Å². The summed E-state index contributed by atoms with van der Waals surface area (Å²) in [5.41, 5.74) is 0. The van der Waals surface area contributed by atoms with Crippen LogP contribution in [0.1, 0.15) is 71.6 Å². The molecule has 0 spiro atoms. The Kier molecular flexibility index (Phi) is 7.57. The van der Waals surface area contributed by atoms with Crippen molar-refractivity contribution in [2.45, 2.75) is 102 Å². The Hall–Kier alpha value is -0.910. The van der Waals surface area contributed by atoms with Gasteiger partial charge in [-0.3, -0.25) is 9.69 Å². The van der Waals surface area contributed by atoms with Crippen molar-refractivity contribution < 1.29 is 19.7 Å². The molecular weight excluding hydrogens is 354 g/mol. The van der Waals surface area contributed by atoms with Crippen LogP contribution in [0.4, 0.5) is 0 Å². The summed E-state index contributed by atoms with van der Waals surface area (Å²) in [4.78, 5) is 14.6. The van der Waals surface area contributed by atoms with Crippen LogP contribution in [0.3, 0.4) is 0 Å². The van der Waals surface area contributed by atoms with E-state index in [0.717, 1.165) is 38.5 Å². The summed E-state index contributed by atoms with van der Waals surface area (Å²) in [5.74, 6) is 0.832. The molecule has 28 heavy (non-hydrogen) atoms. The Morgan fingerprint density at radius 3 is 2.82 bits per heavy atom. The minimum absolute atomic E-state index is 0.0782. The number of piperidine rings is 1. The Labute approximate surface area is 170 Å². The number of ether oxygens (including phenoxy) is 1. The molecular formula is C23H39NO4. The first-order chi connectivity index (χ1) is 13.5. The zero-order valence-electron chi connectivity index (χ0n) is 17.8. The van der Waals surface area contributed by atoms with E-state index in [9.17, 15) is 15.0 Å². The SMILES string of the molecule is CCCC[C@H](C)C[C@@H](O)/C=C/[C@@H]1[C@H]2CC3CCCC(C(=O)OC)N3[C@@H]2C[C@H]1O. The van der Waals surface area contributed by atoms with Crippen molar-refractivity contribution in [2.75, 3.05) is 7.11 Å². The lowest BCUT2D eigenvalue weighted by Crippen LogP contribution is -2.51. The molecule has 3 rings (SSSR count). The van der Waals surface area contributed by atoms with E-state index in [-0.39, 0.29) is 24.0 Å². The van der Waals surface area contributed by atoms with Crippen LogP contribution in [0.2, 0.25) is 0 Å². The van der Waals surface area contributed by atoms with Crippen LogP contribution in [-0.4, -0.2) is 58.5 Å². The highest BCUT2D eigenvalue weighted by molar-refractivity contribution is 5.76. The topological polar surface area (TPSA) is 70.0 Å². The highest BCUT2D eigenvalue weighted by atomic mass is 16.5. The third-order valence-electron chi connectivity index (χ3n) is 7.36. The lowest BCUT2D eigenvalue weighted by atomic mass is 9.88. The smallest absolute Gasteiger partial charge is 0.323 e. The minimum atomic E-state index is -0.440. The van der Waals surface area contributed by atoms with Gasteiger partial charge in [0.2, 0.25) is 0 Å². The van der Waals surface area contributed by atoms with E-state index >= 15 is 0 Å². The number of rotatable bonds is 8. The summed E-state index contributed by atoms with van der Waals surface area (Å²) < 4.78 is 5.05. The number of carbonyl (C=O) groups is 1. The van der Waals surface area contributed by atoms with Crippen molar-refractivity contribution in [1.82, 2.24) is 4.90 Å². The summed E-state index contributed by atoms with van der Waals surface area (Å²) in [6.07, 6.45) is 12.3. The molecule has 2 N–H and O–H groups in total. The Morgan fingerprint density at radius 1 is 1.32 bits per heavy atom. The fourth-order valence-corrected chi connectivity index (χ4v) is 6.00. The zero-order chi connectivity index (χ0) is 20.3. The van der Waals surface area contributed by atoms with Gasteiger partial charge in [-0.15, -0.1) is 0 Å². The molecule has 0 aromatic carbocycles. The zero-order valence-corrected chi connectivity index (χ0v) is 17.8. The first-order valence-corrected chi connectivity index (χ1v) is 11.4. The highest BCUT2D eigenvalue weighted by Gasteiger charge is 2.55. The summed E-state index contributed by atoms with van der Waals surface area (Å²) in [6, 6.07) is 0.522. The molecule has 5 nitrogen and oxygen atoms in total. The fourth-order valence-electron chi connectivity index (χ4n) is 6.00. The van der Waals surface area contributed by atoms with Crippen molar-refractivity contribution in [1.29, 1.82) is 0 Å². The number of unbranched alkanes of at least 4 members (excludes halogenated alkanes) is 1. The second kappa shape index (κ2) is 9.73. The molecule has 0 bridgehead atoms. The van der Waals surface area contributed by atoms with E-state index < -0.39 is 12.2 Å². The third-order valence-corrected chi connectivity index (χ3v) is 7.36. The van der Waals surface area contributed by atoms with Gasteiger partial charge in [-0.05, 0) is 50.4 Å². The quantitative estimate of drug-likeness (QED) is 0.489. The number of hydrogen-bond acceptors (Lipinski definition) is 5. The second-order valence-electron chi connectivity index (χ2n) is 9.35. The molecule has 0 amide bonds. The van der Waals surface area contributed by atoms with Gasteiger partial charge < -0.3 is 14.9 Å². The number of hydrogen-bond donors (Lipinski definition) is 2. The van der Waals surface area contributed by atoms with E-state index in [2.05, 4.69) is 24.8 Å². The van der Waals surface area contributed by atoms with Crippen molar-refractivity contribution >= 4 is 5.97 Å². The van der Waals surface area contributed by atoms with Crippen LogP contribution in [-0.2, 0) is 9.53 Å². The Balaban J connectivity index is 1.63. The summed E-state index contributed by atoms with van der Waals surface area (Å²) in [6.45, 7) is 4.40. The standard InChI is InChI=1S/C23H39NO4/c1-4-5-7-15(2)12-17(25)10-11-18-19-13-16-8-6-9-20(23(27)28-3)24(16)21(19)14-22(18)26/h10-11,15-22,25-26H,4-9,12-14H2,1-3H3/b11-10+/t15-,16?,17-,18+,19+,20?,21+,22+/m0/s1. The van der Waals surface area contributed by atoms with Gasteiger partial charge in [0.1, 0.15) is 6.04 Å². The van der Waals surface area contributed by atoms with Crippen LogP contribution < -0.4 is 0 Å². The maximum atomic E-state index is 12.3. The van der Waals surface area contributed by atoms with Gasteiger partial charge in [0, 0.05) is 18.0 Å². The molecule has 160 valence electrons. The monoisotopic (exact) mass is 393 g/mol. The number of esters is 1. The number of methoxy groups -OCH3 is 1. The number of carbonyl (C=O) groups excluding carboxylic acids is 1. The molecule has 3 aliphatic rings. The average Bonchev–Trinajstić information content (AvgIpc) is 3.18.